The van der Waals surface area contributed by atoms with Crippen molar-refractivity contribution in [1.82, 2.24) is 5.06 Å². The summed E-state index contributed by atoms with van der Waals surface area (Å²) in [5, 5.41) is 1.33. The van der Waals surface area contributed by atoms with E-state index in [4.69, 9.17) is 14.3 Å². The first-order valence-corrected chi connectivity index (χ1v) is 10.6. The highest BCUT2D eigenvalue weighted by atomic mass is 16.7. The number of hydroxylamine groups is 2. The molecule has 7 heteroatoms. The van der Waals surface area contributed by atoms with Crippen LogP contribution in [0.1, 0.15) is 48.5 Å². The van der Waals surface area contributed by atoms with Gasteiger partial charge in [-0.1, -0.05) is 48.5 Å². The Balaban J connectivity index is 2.07. The maximum atomic E-state index is 13.5. The second kappa shape index (κ2) is 9.96. The average Bonchev–Trinajstić information content (AvgIpc) is 2.82. The third-order valence-corrected chi connectivity index (χ3v) is 5.72. The Kier molecular flexibility index (Phi) is 7.30. The molecule has 1 fully saturated rings. The number of benzene rings is 2. The molecule has 2 atom stereocenters. The minimum Gasteiger partial charge on any atom is -0.468 e. The topological polar surface area (TPSA) is 82.1 Å². The zero-order valence-electron chi connectivity index (χ0n) is 18.8. The third kappa shape index (κ3) is 5.16. The van der Waals surface area contributed by atoms with Crippen LogP contribution in [0.4, 0.5) is 0 Å². The molecule has 0 unspecified atom stereocenters. The second-order valence-corrected chi connectivity index (χ2v) is 8.47. The van der Waals surface area contributed by atoms with Crippen molar-refractivity contribution in [2.75, 3.05) is 14.2 Å². The van der Waals surface area contributed by atoms with Gasteiger partial charge < -0.3 is 9.47 Å². The molecule has 1 saturated heterocycles. The van der Waals surface area contributed by atoms with Crippen molar-refractivity contribution < 1.29 is 28.7 Å². The standard InChI is InChI=1S/C25H29NO6/c1-25(2)16-20(17-11-7-5-8-12-17)21(15-19(23(28)30-3)24(29)31-4)26(32-25)22(27)18-13-9-6-10-14-18/h5-14,19-21H,15-16H2,1-4H3/t20-,21-/m0/s1. The van der Waals surface area contributed by atoms with Gasteiger partial charge in [-0.05, 0) is 44.4 Å². The highest BCUT2D eigenvalue weighted by Crippen LogP contribution is 2.42. The Bertz CT molecular complexity index is 927. The molecule has 7 nitrogen and oxygen atoms in total. The lowest BCUT2D eigenvalue weighted by Crippen LogP contribution is -2.55. The summed E-state index contributed by atoms with van der Waals surface area (Å²) < 4.78 is 9.71. The first-order chi connectivity index (χ1) is 15.3. The first-order valence-electron chi connectivity index (χ1n) is 10.6. The van der Waals surface area contributed by atoms with Crippen LogP contribution in [0.25, 0.3) is 0 Å². The van der Waals surface area contributed by atoms with Crippen molar-refractivity contribution in [3.8, 4) is 0 Å². The largest absolute Gasteiger partial charge is 0.468 e. The van der Waals surface area contributed by atoms with Gasteiger partial charge in [-0.3, -0.25) is 19.2 Å². The summed E-state index contributed by atoms with van der Waals surface area (Å²) in [6, 6.07) is 17.9. The van der Waals surface area contributed by atoms with Gasteiger partial charge in [0.15, 0.2) is 5.92 Å². The number of methoxy groups -OCH3 is 2. The number of carbonyl (C=O) groups excluding carboxylic acids is 3. The molecule has 1 amide bonds. The Morgan fingerprint density at radius 3 is 2.03 bits per heavy atom. The zero-order valence-corrected chi connectivity index (χ0v) is 18.8. The Labute approximate surface area is 188 Å². The van der Waals surface area contributed by atoms with Crippen LogP contribution in [0.5, 0.6) is 0 Å². The van der Waals surface area contributed by atoms with Crippen molar-refractivity contribution in [1.29, 1.82) is 0 Å². The van der Waals surface area contributed by atoms with Gasteiger partial charge in [0.25, 0.3) is 5.91 Å². The van der Waals surface area contributed by atoms with Crippen LogP contribution < -0.4 is 0 Å². The molecule has 1 aliphatic rings. The van der Waals surface area contributed by atoms with Gasteiger partial charge in [0.1, 0.15) is 0 Å². The number of hydrogen-bond donors (Lipinski definition) is 0. The van der Waals surface area contributed by atoms with Gasteiger partial charge in [0.05, 0.1) is 25.9 Å². The molecule has 1 aliphatic heterocycles. The summed E-state index contributed by atoms with van der Waals surface area (Å²) in [5.74, 6) is -3.11. The summed E-state index contributed by atoms with van der Waals surface area (Å²) in [4.78, 5) is 44.5. The fraction of sp³-hybridized carbons (Fsp3) is 0.400. The highest BCUT2D eigenvalue weighted by Gasteiger charge is 2.47. The lowest BCUT2D eigenvalue weighted by molar-refractivity contribution is -0.259. The SMILES string of the molecule is COC(=O)C(C[C@H]1[C@H](c2ccccc2)CC(C)(C)ON1C(=O)c1ccccc1)C(=O)OC. The molecule has 0 saturated carbocycles. The first kappa shape index (κ1) is 23.5. The average molecular weight is 440 g/mol. The van der Waals surface area contributed by atoms with Crippen LogP contribution in [0.15, 0.2) is 60.7 Å². The van der Waals surface area contributed by atoms with Crippen molar-refractivity contribution in [3.63, 3.8) is 0 Å². The van der Waals surface area contributed by atoms with Crippen molar-refractivity contribution in [2.24, 2.45) is 5.92 Å². The number of hydrogen-bond acceptors (Lipinski definition) is 6. The summed E-state index contributed by atoms with van der Waals surface area (Å²) in [5.41, 5.74) is 0.802. The van der Waals surface area contributed by atoms with E-state index in [9.17, 15) is 14.4 Å². The quantitative estimate of drug-likeness (QED) is 0.504. The van der Waals surface area contributed by atoms with E-state index in [1.807, 2.05) is 50.2 Å². The van der Waals surface area contributed by atoms with E-state index < -0.39 is 29.5 Å². The van der Waals surface area contributed by atoms with E-state index >= 15 is 0 Å². The third-order valence-electron chi connectivity index (χ3n) is 5.72. The van der Waals surface area contributed by atoms with Crippen LogP contribution >= 0.6 is 0 Å². The number of carbonyl (C=O) groups is 3. The van der Waals surface area contributed by atoms with Gasteiger partial charge >= 0.3 is 11.9 Å². The molecular weight excluding hydrogens is 410 g/mol. The minimum atomic E-state index is -1.18. The van der Waals surface area contributed by atoms with E-state index in [0.29, 0.717) is 12.0 Å². The van der Waals surface area contributed by atoms with Crippen molar-refractivity contribution in [3.05, 3.63) is 71.8 Å². The number of nitrogens with zero attached hydrogens (tertiary/aromatic N) is 1. The van der Waals surface area contributed by atoms with Crippen molar-refractivity contribution in [2.45, 2.75) is 44.2 Å². The molecule has 0 N–H and O–H groups in total. The molecule has 3 rings (SSSR count). The highest BCUT2D eigenvalue weighted by molar-refractivity contribution is 5.96. The summed E-state index contributed by atoms with van der Waals surface area (Å²) >= 11 is 0. The van der Waals surface area contributed by atoms with Gasteiger partial charge in [-0.15, -0.1) is 0 Å². The van der Waals surface area contributed by atoms with Crippen LogP contribution in [0.2, 0.25) is 0 Å². The number of rotatable bonds is 6. The van der Waals surface area contributed by atoms with E-state index in [0.717, 1.165) is 5.56 Å². The molecule has 0 radical (unpaired) electrons. The molecule has 2 aromatic carbocycles. The zero-order chi connectivity index (χ0) is 23.3. The maximum absolute atomic E-state index is 13.5. The summed E-state index contributed by atoms with van der Waals surface area (Å²) in [6.45, 7) is 3.84. The number of esters is 2. The lowest BCUT2D eigenvalue weighted by atomic mass is 9.77. The fourth-order valence-corrected chi connectivity index (χ4v) is 4.22. The molecule has 0 aliphatic carbocycles. The monoisotopic (exact) mass is 439 g/mol. The predicted octanol–water partition coefficient (Wildman–Crippen LogP) is 3.75. The molecule has 2 aromatic rings. The lowest BCUT2D eigenvalue weighted by Gasteiger charge is -2.48. The molecule has 0 aromatic heterocycles. The molecule has 0 spiro atoms. The van der Waals surface area contributed by atoms with E-state index in [-0.39, 0.29) is 18.2 Å². The Hall–Kier alpha value is -3.19. The van der Waals surface area contributed by atoms with Gasteiger partial charge in [0, 0.05) is 11.5 Å². The smallest absolute Gasteiger partial charge is 0.320 e. The molecule has 170 valence electrons. The van der Waals surface area contributed by atoms with Crippen LogP contribution in [-0.4, -0.2) is 48.8 Å². The predicted molar refractivity (Wildman–Crippen MR) is 118 cm³/mol. The maximum Gasteiger partial charge on any atom is 0.320 e. The Morgan fingerprint density at radius 1 is 0.969 bits per heavy atom. The van der Waals surface area contributed by atoms with Crippen LogP contribution in [0, 0.1) is 5.92 Å². The van der Waals surface area contributed by atoms with Crippen LogP contribution in [-0.2, 0) is 23.9 Å². The van der Waals surface area contributed by atoms with Gasteiger partial charge in [-0.2, -0.15) is 0 Å². The molecule has 32 heavy (non-hydrogen) atoms. The summed E-state index contributed by atoms with van der Waals surface area (Å²) in [6.07, 6.45) is 0.600. The van der Waals surface area contributed by atoms with Crippen LogP contribution in [0.3, 0.4) is 0 Å². The van der Waals surface area contributed by atoms with E-state index in [1.54, 1.807) is 24.3 Å². The normalized spacial score (nSPS) is 20.0. The minimum absolute atomic E-state index is 0.00750. The summed E-state index contributed by atoms with van der Waals surface area (Å²) in [7, 11) is 2.45. The van der Waals surface area contributed by atoms with Crippen molar-refractivity contribution >= 4 is 17.8 Å². The van der Waals surface area contributed by atoms with Gasteiger partial charge in [0.2, 0.25) is 0 Å². The van der Waals surface area contributed by atoms with E-state index in [2.05, 4.69) is 0 Å². The number of ether oxygens (including phenoxy) is 2. The fourth-order valence-electron chi connectivity index (χ4n) is 4.22. The molecular formula is C25H29NO6. The van der Waals surface area contributed by atoms with E-state index in [1.165, 1.54) is 19.3 Å². The second-order valence-electron chi connectivity index (χ2n) is 8.47. The Morgan fingerprint density at radius 2 is 1.50 bits per heavy atom. The molecule has 0 bridgehead atoms. The molecule has 1 heterocycles. The number of amides is 1. The van der Waals surface area contributed by atoms with Gasteiger partial charge in [-0.25, -0.2) is 5.06 Å².